The first-order chi connectivity index (χ1) is 13.9. The van der Waals surface area contributed by atoms with Gasteiger partial charge >= 0.3 is 6.03 Å². The molecule has 2 amide bonds. The number of hydrogen-bond donors (Lipinski definition) is 2. The van der Waals surface area contributed by atoms with Gasteiger partial charge in [-0.25, -0.2) is 4.79 Å². The van der Waals surface area contributed by atoms with E-state index in [4.69, 9.17) is 9.47 Å². The van der Waals surface area contributed by atoms with Crippen molar-refractivity contribution >= 4 is 17.4 Å². The predicted molar refractivity (Wildman–Crippen MR) is 117 cm³/mol. The van der Waals surface area contributed by atoms with Crippen molar-refractivity contribution in [1.29, 1.82) is 0 Å². The molecular formula is C23H31N3O3. The third kappa shape index (κ3) is 6.12. The summed E-state index contributed by atoms with van der Waals surface area (Å²) >= 11 is 0. The highest BCUT2D eigenvalue weighted by Crippen LogP contribution is 2.26. The Hall–Kier alpha value is -2.73. The lowest BCUT2D eigenvalue weighted by Crippen LogP contribution is -2.37. The number of nitrogens with zero attached hydrogens (tertiary/aromatic N) is 1. The Labute approximate surface area is 173 Å². The van der Waals surface area contributed by atoms with Crippen LogP contribution in [0, 0.1) is 0 Å². The monoisotopic (exact) mass is 397 g/mol. The smallest absolute Gasteiger partial charge is 0.319 e. The molecule has 29 heavy (non-hydrogen) atoms. The fourth-order valence-corrected chi connectivity index (χ4v) is 3.21. The van der Waals surface area contributed by atoms with Crippen molar-refractivity contribution in [3.05, 3.63) is 54.1 Å². The molecule has 2 N–H and O–H groups in total. The zero-order chi connectivity index (χ0) is 20.7. The van der Waals surface area contributed by atoms with E-state index in [-0.39, 0.29) is 11.4 Å². The maximum atomic E-state index is 12.3. The van der Waals surface area contributed by atoms with Crippen LogP contribution in [0.4, 0.5) is 16.2 Å². The Morgan fingerprint density at radius 3 is 2.45 bits per heavy atom. The van der Waals surface area contributed by atoms with E-state index < -0.39 is 0 Å². The van der Waals surface area contributed by atoms with Crippen molar-refractivity contribution < 1.29 is 14.3 Å². The summed E-state index contributed by atoms with van der Waals surface area (Å²) in [4.78, 5) is 14.5. The molecule has 3 rings (SSSR count). The molecule has 0 spiro atoms. The Morgan fingerprint density at radius 2 is 1.76 bits per heavy atom. The minimum absolute atomic E-state index is 0.121. The van der Waals surface area contributed by atoms with Crippen LogP contribution in [0.3, 0.4) is 0 Å². The first kappa shape index (κ1) is 21.0. The molecule has 0 aromatic heterocycles. The van der Waals surface area contributed by atoms with Crippen molar-refractivity contribution in [2.75, 3.05) is 49.7 Å². The van der Waals surface area contributed by atoms with Crippen LogP contribution in [0.15, 0.2) is 48.5 Å². The summed E-state index contributed by atoms with van der Waals surface area (Å²) in [7, 11) is 0. The summed E-state index contributed by atoms with van der Waals surface area (Å²) < 4.78 is 11.1. The second-order valence-corrected chi connectivity index (χ2v) is 8.12. The van der Waals surface area contributed by atoms with Crippen LogP contribution in [0.25, 0.3) is 0 Å². The van der Waals surface area contributed by atoms with Crippen LogP contribution in [0.2, 0.25) is 0 Å². The van der Waals surface area contributed by atoms with Crippen molar-refractivity contribution in [3.8, 4) is 5.75 Å². The molecule has 6 nitrogen and oxygen atoms in total. The van der Waals surface area contributed by atoms with E-state index in [1.165, 1.54) is 5.56 Å². The number of para-hydroxylation sites is 2. The maximum absolute atomic E-state index is 12.3. The third-order valence-electron chi connectivity index (χ3n) is 4.88. The second-order valence-electron chi connectivity index (χ2n) is 8.12. The average Bonchev–Trinajstić information content (AvgIpc) is 2.72. The minimum Gasteiger partial charge on any atom is -0.492 e. The SMILES string of the molecule is CC(C)(C)c1ccc(OCCNC(=O)Nc2ccccc2N2CCOCC2)cc1. The van der Waals surface area contributed by atoms with Crippen molar-refractivity contribution in [3.63, 3.8) is 0 Å². The molecule has 0 atom stereocenters. The van der Waals surface area contributed by atoms with Crippen LogP contribution in [-0.2, 0) is 10.2 Å². The average molecular weight is 398 g/mol. The summed E-state index contributed by atoms with van der Waals surface area (Å²) in [5.41, 5.74) is 3.20. The standard InChI is InChI=1S/C23H31N3O3/c1-23(2,3)18-8-10-19(11-9-18)29-15-12-24-22(27)25-20-6-4-5-7-21(20)26-13-16-28-17-14-26/h4-11H,12-17H2,1-3H3,(H2,24,25,27). The van der Waals surface area contributed by atoms with Gasteiger partial charge in [-0.2, -0.15) is 0 Å². The number of benzene rings is 2. The highest BCUT2D eigenvalue weighted by Gasteiger charge is 2.16. The summed E-state index contributed by atoms with van der Waals surface area (Å²) in [5.74, 6) is 0.804. The van der Waals surface area contributed by atoms with Gasteiger partial charge in [0.1, 0.15) is 12.4 Å². The number of urea groups is 1. The molecular weight excluding hydrogens is 366 g/mol. The topological polar surface area (TPSA) is 62.8 Å². The number of morpholine rings is 1. The van der Waals surface area contributed by atoms with Crippen LogP contribution in [-0.4, -0.2) is 45.5 Å². The molecule has 1 heterocycles. The predicted octanol–water partition coefficient (Wildman–Crippen LogP) is 4.02. The van der Waals surface area contributed by atoms with Crippen LogP contribution >= 0.6 is 0 Å². The largest absolute Gasteiger partial charge is 0.492 e. The normalized spacial score (nSPS) is 14.4. The van der Waals surface area contributed by atoms with E-state index in [1.54, 1.807) is 0 Å². The maximum Gasteiger partial charge on any atom is 0.319 e. The lowest BCUT2D eigenvalue weighted by atomic mass is 9.87. The van der Waals surface area contributed by atoms with Gasteiger partial charge in [-0.1, -0.05) is 45.0 Å². The van der Waals surface area contributed by atoms with Gasteiger partial charge in [0.05, 0.1) is 31.1 Å². The van der Waals surface area contributed by atoms with E-state index in [9.17, 15) is 4.79 Å². The number of nitrogens with one attached hydrogen (secondary N) is 2. The molecule has 0 aliphatic carbocycles. The van der Waals surface area contributed by atoms with Gasteiger partial charge < -0.3 is 25.0 Å². The van der Waals surface area contributed by atoms with E-state index >= 15 is 0 Å². The molecule has 0 bridgehead atoms. The zero-order valence-corrected chi connectivity index (χ0v) is 17.5. The molecule has 0 unspecified atom stereocenters. The van der Waals surface area contributed by atoms with Crippen molar-refractivity contribution in [2.45, 2.75) is 26.2 Å². The summed E-state index contributed by atoms with van der Waals surface area (Å²) in [5, 5.41) is 5.79. The van der Waals surface area contributed by atoms with Crippen LogP contribution in [0.1, 0.15) is 26.3 Å². The molecule has 156 valence electrons. The summed E-state index contributed by atoms with van der Waals surface area (Å²) in [6, 6.07) is 15.7. The van der Waals surface area contributed by atoms with E-state index in [2.05, 4.69) is 48.4 Å². The van der Waals surface area contributed by atoms with Crippen molar-refractivity contribution in [2.24, 2.45) is 0 Å². The lowest BCUT2D eigenvalue weighted by molar-refractivity contribution is 0.123. The second kappa shape index (κ2) is 9.65. The molecule has 6 heteroatoms. The molecule has 2 aromatic rings. The fraction of sp³-hybridized carbons (Fsp3) is 0.435. The van der Waals surface area contributed by atoms with Gasteiger partial charge in [-0.15, -0.1) is 0 Å². The van der Waals surface area contributed by atoms with Gasteiger partial charge in [-0.05, 0) is 35.2 Å². The van der Waals surface area contributed by atoms with Crippen LogP contribution in [0.5, 0.6) is 5.75 Å². The molecule has 2 aromatic carbocycles. The first-order valence-electron chi connectivity index (χ1n) is 10.1. The van der Waals surface area contributed by atoms with Gasteiger partial charge in [0.2, 0.25) is 0 Å². The summed E-state index contributed by atoms with van der Waals surface area (Å²) in [6.45, 7) is 10.4. The first-order valence-corrected chi connectivity index (χ1v) is 10.1. The third-order valence-corrected chi connectivity index (χ3v) is 4.88. The number of carbonyl (C=O) groups is 1. The quantitative estimate of drug-likeness (QED) is 0.723. The Morgan fingerprint density at radius 1 is 1.07 bits per heavy atom. The molecule has 0 saturated carbocycles. The highest BCUT2D eigenvalue weighted by atomic mass is 16.5. The lowest BCUT2D eigenvalue weighted by Gasteiger charge is -2.30. The minimum atomic E-state index is -0.239. The van der Waals surface area contributed by atoms with E-state index in [0.717, 1.165) is 30.2 Å². The van der Waals surface area contributed by atoms with Gasteiger partial charge in [0.25, 0.3) is 0 Å². The number of anilines is 2. The Kier molecular flexibility index (Phi) is 6.99. The molecule has 1 saturated heterocycles. The zero-order valence-electron chi connectivity index (χ0n) is 17.5. The Balaban J connectivity index is 1.45. The van der Waals surface area contributed by atoms with Gasteiger partial charge in [0, 0.05) is 13.1 Å². The number of rotatable bonds is 6. The van der Waals surface area contributed by atoms with Crippen molar-refractivity contribution in [1.82, 2.24) is 5.32 Å². The summed E-state index contributed by atoms with van der Waals surface area (Å²) in [6.07, 6.45) is 0. The molecule has 1 aliphatic heterocycles. The Bertz CT molecular complexity index is 794. The number of carbonyl (C=O) groups excluding carboxylic acids is 1. The van der Waals surface area contributed by atoms with Gasteiger partial charge in [0.15, 0.2) is 0 Å². The fourth-order valence-electron chi connectivity index (χ4n) is 3.21. The molecule has 1 aliphatic rings. The highest BCUT2D eigenvalue weighted by molar-refractivity contribution is 5.93. The number of ether oxygens (including phenoxy) is 2. The van der Waals surface area contributed by atoms with E-state index in [1.807, 2.05) is 36.4 Å². The molecule has 0 radical (unpaired) electrons. The molecule has 1 fully saturated rings. The van der Waals surface area contributed by atoms with E-state index in [0.29, 0.717) is 26.4 Å². The van der Waals surface area contributed by atoms with Gasteiger partial charge in [-0.3, -0.25) is 0 Å². The number of hydrogen-bond acceptors (Lipinski definition) is 4. The number of amides is 2. The van der Waals surface area contributed by atoms with Crippen LogP contribution < -0.4 is 20.3 Å².